The number of nitrogens with zero attached hydrogens (tertiary/aromatic N) is 2. The number of fused-ring (bicyclic) bond motifs is 2. The molecule has 0 radical (unpaired) electrons. The molecule has 0 spiro atoms. The van der Waals surface area contributed by atoms with Crippen molar-refractivity contribution >= 4 is 21.8 Å². The maximum Gasteiger partial charge on any atom is 0.145 e. The second-order valence-electron chi connectivity index (χ2n) is 5.10. The van der Waals surface area contributed by atoms with E-state index in [2.05, 4.69) is 23.2 Å². The molecular formula is C19H14N2O. The van der Waals surface area contributed by atoms with Crippen molar-refractivity contribution in [3.05, 3.63) is 67.0 Å². The van der Waals surface area contributed by atoms with E-state index in [1.807, 2.05) is 42.6 Å². The maximum absolute atomic E-state index is 5.49. The summed E-state index contributed by atoms with van der Waals surface area (Å²) in [6.07, 6.45) is 3.65. The molecule has 0 aliphatic rings. The van der Waals surface area contributed by atoms with E-state index in [0.29, 0.717) is 0 Å². The molecule has 0 N–H and O–H groups in total. The Morgan fingerprint density at radius 2 is 1.73 bits per heavy atom. The van der Waals surface area contributed by atoms with E-state index in [4.69, 9.17) is 9.72 Å². The molecule has 2 aromatic heterocycles. The van der Waals surface area contributed by atoms with E-state index in [-0.39, 0.29) is 0 Å². The van der Waals surface area contributed by atoms with Crippen molar-refractivity contribution in [3.8, 4) is 16.9 Å². The van der Waals surface area contributed by atoms with Crippen LogP contribution >= 0.6 is 0 Å². The van der Waals surface area contributed by atoms with Crippen molar-refractivity contribution in [3.63, 3.8) is 0 Å². The molecule has 0 unspecified atom stereocenters. The number of pyridine rings is 2. The Morgan fingerprint density at radius 1 is 0.864 bits per heavy atom. The van der Waals surface area contributed by atoms with Gasteiger partial charge in [0, 0.05) is 28.7 Å². The van der Waals surface area contributed by atoms with Crippen molar-refractivity contribution < 1.29 is 4.74 Å². The molecule has 4 aromatic rings. The Hall–Kier alpha value is -2.94. The average Bonchev–Trinajstić information content (AvgIpc) is 2.60. The van der Waals surface area contributed by atoms with Gasteiger partial charge in [-0.15, -0.1) is 0 Å². The Labute approximate surface area is 128 Å². The highest BCUT2D eigenvalue weighted by molar-refractivity contribution is 6.10. The molecule has 3 nitrogen and oxygen atoms in total. The Kier molecular flexibility index (Phi) is 2.97. The normalized spacial score (nSPS) is 11.0. The number of ether oxygens (including phenoxy) is 1. The molecule has 3 heteroatoms. The van der Waals surface area contributed by atoms with Gasteiger partial charge < -0.3 is 4.74 Å². The van der Waals surface area contributed by atoms with E-state index in [1.54, 1.807) is 13.3 Å². The average molecular weight is 286 g/mol. The summed E-state index contributed by atoms with van der Waals surface area (Å²) in [5, 5.41) is 2.13. The lowest BCUT2D eigenvalue weighted by atomic mass is 9.97. The summed E-state index contributed by atoms with van der Waals surface area (Å²) in [5.74, 6) is 0.786. The number of hydrogen-bond donors (Lipinski definition) is 0. The van der Waals surface area contributed by atoms with Crippen LogP contribution in [0.25, 0.3) is 32.9 Å². The first-order valence-electron chi connectivity index (χ1n) is 7.14. The SMILES string of the molecule is COc1cccc2c(-c3ccccc3)c3cnccc3nc12. The second-order valence-corrected chi connectivity index (χ2v) is 5.10. The Balaban J connectivity index is 2.23. The minimum absolute atomic E-state index is 0.786. The molecule has 0 aliphatic carbocycles. The fourth-order valence-corrected chi connectivity index (χ4v) is 2.86. The van der Waals surface area contributed by atoms with Crippen LogP contribution in [0.3, 0.4) is 0 Å². The van der Waals surface area contributed by atoms with Crippen LogP contribution in [0, 0.1) is 0 Å². The molecule has 106 valence electrons. The van der Waals surface area contributed by atoms with Gasteiger partial charge in [0.25, 0.3) is 0 Å². The van der Waals surface area contributed by atoms with Crippen LogP contribution in [0.4, 0.5) is 0 Å². The van der Waals surface area contributed by atoms with Gasteiger partial charge in [-0.2, -0.15) is 0 Å². The van der Waals surface area contributed by atoms with Gasteiger partial charge in [-0.1, -0.05) is 42.5 Å². The second kappa shape index (κ2) is 5.11. The quantitative estimate of drug-likeness (QED) is 0.510. The molecule has 0 fully saturated rings. The summed E-state index contributed by atoms with van der Waals surface area (Å²) in [7, 11) is 1.68. The van der Waals surface area contributed by atoms with Gasteiger partial charge in [0.15, 0.2) is 0 Å². The third-order valence-corrected chi connectivity index (χ3v) is 3.85. The first kappa shape index (κ1) is 12.8. The van der Waals surface area contributed by atoms with Crippen LogP contribution in [0.2, 0.25) is 0 Å². The lowest BCUT2D eigenvalue weighted by Crippen LogP contribution is -1.93. The van der Waals surface area contributed by atoms with Gasteiger partial charge in [-0.25, -0.2) is 4.98 Å². The van der Waals surface area contributed by atoms with E-state index in [0.717, 1.165) is 38.7 Å². The number of methoxy groups -OCH3 is 1. The number of benzene rings is 2. The highest BCUT2D eigenvalue weighted by Crippen LogP contribution is 2.37. The molecule has 0 saturated carbocycles. The summed E-state index contributed by atoms with van der Waals surface area (Å²) >= 11 is 0. The zero-order chi connectivity index (χ0) is 14.9. The van der Waals surface area contributed by atoms with Crippen molar-refractivity contribution in [2.24, 2.45) is 0 Å². The highest BCUT2D eigenvalue weighted by Gasteiger charge is 2.13. The minimum Gasteiger partial charge on any atom is -0.494 e. The smallest absolute Gasteiger partial charge is 0.145 e. The van der Waals surface area contributed by atoms with Crippen LogP contribution in [0.5, 0.6) is 5.75 Å². The number of rotatable bonds is 2. The summed E-state index contributed by atoms with van der Waals surface area (Å²) < 4.78 is 5.49. The van der Waals surface area contributed by atoms with Gasteiger partial charge in [-0.3, -0.25) is 4.98 Å². The summed E-state index contributed by atoms with van der Waals surface area (Å²) in [5.41, 5.74) is 4.10. The summed E-state index contributed by atoms with van der Waals surface area (Å²) in [6.45, 7) is 0. The third-order valence-electron chi connectivity index (χ3n) is 3.85. The minimum atomic E-state index is 0.786. The lowest BCUT2D eigenvalue weighted by Gasteiger charge is -2.12. The van der Waals surface area contributed by atoms with Gasteiger partial charge >= 0.3 is 0 Å². The first-order valence-corrected chi connectivity index (χ1v) is 7.14. The van der Waals surface area contributed by atoms with Crippen LogP contribution in [0.1, 0.15) is 0 Å². The van der Waals surface area contributed by atoms with Gasteiger partial charge in [-0.05, 0) is 17.7 Å². The summed E-state index contributed by atoms with van der Waals surface area (Å²) in [6, 6.07) is 18.3. The van der Waals surface area contributed by atoms with Crippen LogP contribution in [-0.4, -0.2) is 17.1 Å². The largest absolute Gasteiger partial charge is 0.494 e. The fraction of sp³-hybridized carbons (Fsp3) is 0.0526. The molecule has 4 rings (SSSR count). The zero-order valence-electron chi connectivity index (χ0n) is 12.2. The number of para-hydroxylation sites is 1. The number of aromatic nitrogens is 2. The molecule has 0 aliphatic heterocycles. The third kappa shape index (κ3) is 1.91. The van der Waals surface area contributed by atoms with Crippen LogP contribution in [0.15, 0.2) is 67.0 Å². The van der Waals surface area contributed by atoms with E-state index < -0.39 is 0 Å². The van der Waals surface area contributed by atoms with E-state index >= 15 is 0 Å². The molecule has 2 heterocycles. The van der Waals surface area contributed by atoms with E-state index in [9.17, 15) is 0 Å². The number of hydrogen-bond acceptors (Lipinski definition) is 3. The predicted molar refractivity (Wildman–Crippen MR) is 89.0 cm³/mol. The predicted octanol–water partition coefficient (Wildman–Crippen LogP) is 4.46. The van der Waals surface area contributed by atoms with E-state index in [1.165, 1.54) is 0 Å². The molecule has 0 amide bonds. The van der Waals surface area contributed by atoms with Crippen LogP contribution < -0.4 is 4.74 Å². The highest BCUT2D eigenvalue weighted by atomic mass is 16.5. The molecule has 2 aromatic carbocycles. The summed E-state index contributed by atoms with van der Waals surface area (Å²) in [4.78, 5) is 9.05. The lowest BCUT2D eigenvalue weighted by molar-refractivity contribution is 0.419. The van der Waals surface area contributed by atoms with Crippen molar-refractivity contribution in [2.45, 2.75) is 0 Å². The van der Waals surface area contributed by atoms with Gasteiger partial charge in [0.2, 0.25) is 0 Å². The molecule has 0 atom stereocenters. The molecule has 0 saturated heterocycles. The van der Waals surface area contributed by atoms with Crippen molar-refractivity contribution in [2.75, 3.05) is 7.11 Å². The fourth-order valence-electron chi connectivity index (χ4n) is 2.86. The monoisotopic (exact) mass is 286 g/mol. The van der Waals surface area contributed by atoms with Crippen molar-refractivity contribution in [1.29, 1.82) is 0 Å². The first-order chi connectivity index (χ1) is 10.9. The molecule has 0 bridgehead atoms. The molecular weight excluding hydrogens is 272 g/mol. The van der Waals surface area contributed by atoms with Crippen LogP contribution in [-0.2, 0) is 0 Å². The Bertz CT molecular complexity index is 965. The topological polar surface area (TPSA) is 35.0 Å². The van der Waals surface area contributed by atoms with Gasteiger partial charge in [0.05, 0.1) is 12.6 Å². The molecule has 22 heavy (non-hydrogen) atoms. The maximum atomic E-state index is 5.49. The standard InChI is InChI=1S/C19H14N2O/c1-22-17-9-5-8-14-18(13-6-3-2-4-7-13)15-12-20-11-10-16(15)21-19(14)17/h2-12H,1H3. The van der Waals surface area contributed by atoms with Gasteiger partial charge in [0.1, 0.15) is 11.3 Å². The van der Waals surface area contributed by atoms with Crippen molar-refractivity contribution in [1.82, 2.24) is 9.97 Å². The Morgan fingerprint density at radius 3 is 2.55 bits per heavy atom. The zero-order valence-corrected chi connectivity index (χ0v) is 12.2.